The molecule has 1 fully saturated rings. The lowest BCUT2D eigenvalue weighted by molar-refractivity contribution is 0.0689. The van der Waals surface area contributed by atoms with Gasteiger partial charge in [-0.2, -0.15) is 0 Å². The number of hydrogen-bond acceptors (Lipinski definition) is 4. The number of hydrogen-bond donors (Lipinski definition) is 0. The van der Waals surface area contributed by atoms with Gasteiger partial charge in [0.15, 0.2) is 0 Å². The molecule has 0 bridgehead atoms. The number of rotatable bonds is 3. The third-order valence-corrected chi connectivity index (χ3v) is 4.50. The van der Waals surface area contributed by atoms with Crippen LogP contribution in [0.5, 0.6) is 0 Å². The third-order valence-electron chi connectivity index (χ3n) is 4.50. The minimum Gasteiger partial charge on any atom is -0.333 e. The second-order valence-corrected chi connectivity index (χ2v) is 6.14. The first-order valence-electron chi connectivity index (χ1n) is 8.07. The van der Waals surface area contributed by atoms with Crippen LogP contribution in [0.25, 0.3) is 0 Å². The number of aromatic nitrogens is 3. The predicted molar refractivity (Wildman–Crippen MR) is 87.8 cm³/mol. The van der Waals surface area contributed by atoms with Crippen molar-refractivity contribution in [3.8, 4) is 0 Å². The van der Waals surface area contributed by atoms with Crippen LogP contribution >= 0.6 is 0 Å². The number of benzene rings is 1. The predicted octanol–water partition coefficient (Wildman–Crippen LogP) is 1.55. The van der Waals surface area contributed by atoms with Gasteiger partial charge < -0.3 is 4.90 Å². The van der Waals surface area contributed by atoms with Gasteiger partial charge in [-0.1, -0.05) is 35.5 Å². The summed E-state index contributed by atoms with van der Waals surface area (Å²) < 4.78 is 1.54. The van der Waals surface area contributed by atoms with E-state index in [-0.39, 0.29) is 11.9 Å². The second kappa shape index (κ2) is 6.91. The van der Waals surface area contributed by atoms with E-state index in [2.05, 4.69) is 46.4 Å². The number of aryl methyl sites for hydroxylation is 1. The Hall–Kier alpha value is -2.21. The zero-order valence-electron chi connectivity index (χ0n) is 13.7. The van der Waals surface area contributed by atoms with Gasteiger partial charge >= 0.3 is 0 Å². The molecule has 0 radical (unpaired) electrons. The molecule has 6 nitrogen and oxygen atoms in total. The van der Waals surface area contributed by atoms with E-state index >= 15 is 0 Å². The van der Waals surface area contributed by atoms with Gasteiger partial charge in [-0.15, -0.1) is 5.10 Å². The largest absolute Gasteiger partial charge is 0.333 e. The summed E-state index contributed by atoms with van der Waals surface area (Å²) in [6, 6.07) is 10.7. The molecule has 2 aromatic rings. The summed E-state index contributed by atoms with van der Waals surface area (Å²) in [4.78, 5) is 17.1. The molecule has 1 aliphatic heterocycles. The van der Waals surface area contributed by atoms with E-state index < -0.39 is 0 Å². The molecule has 3 rings (SSSR count). The lowest BCUT2D eigenvalue weighted by Gasteiger charge is -2.26. The van der Waals surface area contributed by atoms with Crippen LogP contribution in [0.2, 0.25) is 0 Å². The molecule has 2 heterocycles. The molecule has 0 saturated carbocycles. The molecule has 6 heteroatoms. The third kappa shape index (κ3) is 3.59. The molecule has 0 spiro atoms. The monoisotopic (exact) mass is 313 g/mol. The molecule has 1 aromatic heterocycles. The highest BCUT2D eigenvalue weighted by Gasteiger charge is 2.27. The fourth-order valence-electron chi connectivity index (χ4n) is 3.04. The average Bonchev–Trinajstić information content (AvgIpc) is 2.90. The maximum atomic E-state index is 12.7. The molecule has 122 valence electrons. The van der Waals surface area contributed by atoms with Gasteiger partial charge in [-0.05, 0) is 18.9 Å². The summed E-state index contributed by atoms with van der Waals surface area (Å²) in [5, 5.41) is 7.67. The highest BCUT2D eigenvalue weighted by molar-refractivity contribution is 5.92. The van der Waals surface area contributed by atoms with E-state index in [1.807, 2.05) is 11.0 Å². The molecule has 0 N–H and O–H groups in total. The van der Waals surface area contributed by atoms with Crippen molar-refractivity contribution in [1.29, 1.82) is 0 Å². The zero-order valence-corrected chi connectivity index (χ0v) is 13.7. The second-order valence-electron chi connectivity index (χ2n) is 6.14. The van der Waals surface area contributed by atoms with Gasteiger partial charge in [0.25, 0.3) is 5.91 Å². The summed E-state index contributed by atoms with van der Waals surface area (Å²) in [5.74, 6) is 0.0200. The zero-order chi connectivity index (χ0) is 16.2. The number of amides is 1. The topological polar surface area (TPSA) is 54.3 Å². The molecule has 0 aliphatic carbocycles. The first-order chi connectivity index (χ1) is 11.1. The van der Waals surface area contributed by atoms with Crippen LogP contribution in [0.1, 0.15) is 29.4 Å². The quantitative estimate of drug-likeness (QED) is 0.863. The van der Waals surface area contributed by atoms with Crippen LogP contribution in [0.4, 0.5) is 0 Å². The van der Waals surface area contributed by atoms with E-state index in [4.69, 9.17) is 0 Å². The Kier molecular flexibility index (Phi) is 4.71. The van der Waals surface area contributed by atoms with Gasteiger partial charge in [0, 0.05) is 39.3 Å². The van der Waals surface area contributed by atoms with Gasteiger partial charge in [0.05, 0.1) is 6.20 Å². The van der Waals surface area contributed by atoms with Crippen LogP contribution in [0, 0.1) is 0 Å². The maximum absolute atomic E-state index is 12.7. The summed E-state index contributed by atoms with van der Waals surface area (Å²) in [6.07, 6.45) is 2.52. The van der Waals surface area contributed by atoms with Gasteiger partial charge in [0.1, 0.15) is 5.69 Å². The summed E-state index contributed by atoms with van der Waals surface area (Å²) in [6.45, 7) is 5.67. The molecule has 1 aliphatic rings. The van der Waals surface area contributed by atoms with E-state index in [0.29, 0.717) is 5.69 Å². The van der Waals surface area contributed by atoms with Crippen LogP contribution in [0.15, 0.2) is 36.5 Å². The van der Waals surface area contributed by atoms with E-state index in [1.54, 1.807) is 17.9 Å². The van der Waals surface area contributed by atoms with Crippen molar-refractivity contribution in [3.63, 3.8) is 0 Å². The summed E-state index contributed by atoms with van der Waals surface area (Å²) in [5.41, 5.74) is 1.86. The van der Waals surface area contributed by atoms with Crippen molar-refractivity contribution in [1.82, 2.24) is 24.8 Å². The van der Waals surface area contributed by atoms with Gasteiger partial charge in [-0.3, -0.25) is 9.69 Å². The number of nitrogens with zero attached hydrogens (tertiary/aromatic N) is 5. The Balaban J connectivity index is 1.66. The highest BCUT2D eigenvalue weighted by Crippen LogP contribution is 2.16. The first kappa shape index (κ1) is 15.7. The number of carbonyl (C=O) groups is 1. The Morgan fingerprint density at radius 3 is 2.70 bits per heavy atom. The molecule has 1 aromatic carbocycles. The molecule has 1 unspecified atom stereocenters. The molecule has 1 saturated heterocycles. The van der Waals surface area contributed by atoms with E-state index in [9.17, 15) is 4.79 Å². The molecular formula is C17H23N5O. The molecule has 1 atom stereocenters. The van der Waals surface area contributed by atoms with Crippen molar-refractivity contribution in [2.75, 3.05) is 19.6 Å². The minimum atomic E-state index is 0.0200. The van der Waals surface area contributed by atoms with Crippen molar-refractivity contribution >= 4 is 5.91 Å². The van der Waals surface area contributed by atoms with Crippen molar-refractivity contribution in [2.45, 2.75) is 25.9 Å². The normalized spacial score (nSPS) is 19.6. The van der Waals surface area contributed by atoms with Crippen molar-refractivity contribution in [2.24, 2.45) is 7.05 Å². The Labute approximate surface area is 136 Å². The maximum Gasteiger partial charge on any atom is 0.274 e. The lowest BCUT2D eigenvalue weighted by Crippen LogP contribution is -2.40. The highest BCUT2D eigenvalue weighted by atomic mass is 16.2. The summed E-state index contributed by atoms with van der Waals surface area (Å²) in [7, 11) is 1.75. The van der Waals surface area contributed by atoms with E-state index in [1.165, 1.54) is 5.56 Å². The fraction of sp³-hybridized carbons (Fsp3) is 0.471. The smallest absolute Gasteiger partial charge is 0.274 e. The van der Waals surface area contributed by atoms with Crippen molar-refractivity contribution in [3.05, 3.63) is 47.8 Å². The standard InChI is InChI=1S/C17H23N5O/c1-14-8-9-21(13-15-6-4-3-5-7-15)10-11-22(14)17(23)16-12-18-19-20(16)2/h3-7,12,14H,8-11,13H2,1-2H3. The van der Waals surface area contributed by atoms with Crippen LogP contribution in [-0.2, 0) is 13.6 Å². The SMILES string of the molecule is CC1CCN(Cc2ccccc2)CCN1C(=O)c1cnnn1C. The minimum absolute atomic E-state index is 0.0200. The van der Waals surface area contributed by atoms with Crippen LogP contribution in [0.3, 0.4) is 0 Å². The van der Waals surface area contributed by atoms with Gasteiger partial charge in [0.2, 0.25) is 0 Å². The molecular weight excluding hydrogens is 290 g/mol. The molecule has 23 heavy (non-hydrogen) atoms. The van der Waals surface area contributed by atoms with Gasteiger partial charge in [-0.25, -0.2) is 4.68 Å². The lowest BCUT2D eigenvalue weighted by atomic mass is 10.2. The number of carbonyl (C=O) groups excluding carboxylic acids is 1. The van der Waals surface area contributed by atoms with E-state index in [0.717, 1.165) is 32.6 Å². The fourth-order valence-corrected chi connectivity index (χ4v) is 3.04. The van der Waals surface area contributed by atoms with Crippen LogP contribution < -0.4 is 0 Å². The van der Waals surface area contributed by atoms with Crippen LogP contribution in [-0.4, -0.2) is 56.4 Å². The average molecular weight is 313 g/mol. The Bertz CT molecular complexity index is 654. The Morgan fingerprint density at radius 1 is 1.22 bits per heavy atom. The summed E-state index contributed by atoms with van der Waals surface area (Å²) >= 11 is 0. The first-order valence-corrected chi connectivity index (χ1v) is 8.07. The molecule has 1 amide bonds. The Morgan fingerprint density at radius 2 is 2.00 bits per heavy atom. The van der Waals surface area contributed by atoms with Crippen molar-refractivity contribution < 1.29 is 4.79 Å².